The minimum absolute atomic E-state index is 0.0511. The summed E-state index contributed by atoms with van der Waals surface area (Å²) in [5, 5.41) is 14.1. The van der Waals surface area contributed by atoms with Crippen molar-refractivity contribution in [3.63, 3.8) is 0 Å². The van der Waals surface area contributed by atoms with Gasteiger partial charge in [0.05, 0.1) is 25.7 Å². The molecule has 12 heteroatoms. The number of urea groups is 1. The third-order valence-corrected chi connectivity index (χ3v) is 4.52. The van der Waals surface area contributed by atoms with Crippen LogP contribution in [0.5, 0.6) is 11.5 Å². The van der Waals surface area contributed by atoms with Gasteiger partial charge in [0.1, 0.15) is 17.1 Å². The van der Waals surface area contributed by atoms with Crippen molar-refractivity contribution in [2.75, 3.05) is 14.2 Å². The smallest absolute Gasteiger partial charge is 0.373 e. The molecule has 0 bridgehead atoms. The molecular formula is C22H23N3O9. The summed E-state index contributed by atoms with van der Waals surface area (Å²) in [7, 11) is 2.53. The van der Waals surface area contributed by atoms with E-state index in [4.69, 9.17) is 13.9 Å². The number of carbonyl (C=O) groups is 3. The van der Waals surface area contributed by atoms with Gasteiger partial charge in [-0.15, -0.1) is 0 Å². The van der Waals surface area contributed by atoms with Gasteiger partial charge in [-0.1, -0.05) is 0 Å². The molecule has 1 N–H and O–H groups in total. The average Bonchev–Trinajstić information content (AvgIpc) is 3.33. The van der Waals surface area contributed by atoms with Crippen molar-refractivity contribution >= 4 is 29.7 Å². The van der Waals surface area contributed by atoms with Gasteiger partial charge < -0.3 is 23.9 Å². The van der Waals surface area contributed by atoms with E-state index in [1.807, 2.05) is 0 Å². The van der Waals surface area contributed by atoms with Crippen molar-refractivity contribution < 1.29 is 37.9 Å². The number of ether oxygens (including phenoxy) is 3. The van der Waals surface area contributed by atoms with Gasteiger partial charge in [-0.2, -0.15) is 0 Å². The van der Waals surface area contributed by atoms with Crippen LogP contribution in [0.1, 0.15) is 42.6 Å². The molecule has 2 aromatic rings. The van der Waals surface area contributed by atoms with Crippen molar-refractivity contribution in [1.29, 1.82) is 0 Å². The molecule has 1 saturated heterocycles. The normalized spacial score (nSPS) is 14.9. The Morgan fingerprint density at radius 2 is 1.94 bits per heavy atom. The summed E-state index contributed by atoms with van der Waals surface area (Å²) in [6.45, 7) is 4.97. The number of methoxy groups -OCH3 is 2. The second kappa shape index (κ2) is 9.25. The number of furan rings is 1. The first kappa shape index (κ1) is 24.3. The zero-order valence-corrected chi connectivity index (χ0v) is 19.2. The number of nitro groups is 1. The summed E-state index contributed by atoms with van der Waals surface area (Å²) >= 11 is 0. The number of rotatable bonds is 7. The maximum atomic E-state index is 12.8. The summed E-state index contributed by atoms with van der Waals surface area (Å²) in [5.74, 6) is -1.22. The molecule has 1 fully saturated rings. The van der Waals surface area contributed by atoms with Crippen LogP contribution < -0.4 is 14.8 Å². The number of amides is 3. The molecule has 12 nitrogen and oxygen atoms in total. The number of carbonyl (C=O) groups excluding carboxylic acids is 3. The first-order valence-corrected chi connectivity index (χ1v) is 10.0. The van der Waals surface area contributed by atoms with Gasteiger partial charge in [0, 0.05) is 6.07 Å². The summed E-state index contributed by atoms with van der Waals surface area (Å²) in [6, 6.07) is 4.76. The lowest BCUT2D eigenvalue weighted by Crippen LogP contribution is -2.30. The zero-order chi connectivity index (χ0) is 25.2. The SMILES string of the molecule is COC(=O)c1ccc(CN2C(=O)NC(=Cc3cc(OC)c(OC(C)(C)C)c([N+](=O)[O-])c3)C2=O)o1. The Balaban J connectivity index is 1.91. The van der Waals surface area contributed by atoms with Gasteiger partial charge in [0.15, 0.2) is 5.75 Å². The van der Waals surface area contributed by atoms with E-state index >= 15 is 0 Å². The fraction of sp³-hybridized carbons (Fsp3) is 0.318. The minimum atomic E-state index is -0.729. The number of hydrogen-bond donors (Lipinski definition) is 1. The van der Waals surface area contributed by atoms with Gasteiger partial charge in [0.2, 0.25) is 11.5 Å². The topological polar surface area (TPSA) is 150 Å². The maximum Gasteiger partial charge on any atom is 0.373 e. The Morgan fingerprint density at radius 3 is 2.53 bits per heavy atom. The lowest BCUT2D eigenvalue weighted by molar-refractivity contribution is -0.386. The molecule has 2 heterocycles. The number of nitro benzene ring substituents is 1. The monoisotopic (exact) mass is 473 g/mol. The molecule has 34 heavy (non-hydrogen) atoms. The molecule has 3 rings (SSSR count). The highest BCUT2D eigenvalue weighted by atomic mass is 16.6. The molecular weight excluding hydrogens is 450 g/mol. The molecule has 0 aliphatic carbocycles. The maximum absolute atomic E-state index is 12.8. The van der Waals surface area contributed by atoms with E-state index in [9.17, 15) is 24.5 Å². The highest BCUT2D eigenvalue weighted by Gasteiger charge is 2.35. The van der Waals surface area contributed by atoms with Crippen molar-refractivity contribution in [1.82, 2.24) is 10.2 Å². The zero-order valence-electron chi connectivity index (χ0n) is 19.2. The van der Waals surface area contributed by atoms with E-state index in [0.717, 1.165) is 4.90 Å². The molecule has 1 aromatic heterocycles. The van der Waals surface area contributed by atoms with Gasteiger partial charge in [-0.3, -0.25) is 19.8 Å². The summed E-state index contributed by atoms with van der Waals surface area (Å²) < 4.78 is 20.8. The van der Waals surface area contributed by atoms with Crippen LogP contribution in [0, 0.1) is 10.1 Å². The van der Waals surface area contributed by atoms with Crippen LogP contribution in [0.3, 0.4) is 0 Å². The third kappa shape index (κ3) is 5.17. The molecule has 3 amide bonds. The largest absolute Gasteiger partial charge is 0.493 e. The van der Waals surface area contributed by atoms with Crippen molar-refractivity contribution in [3.05, 3.63) is 57.2 Å². The molecule has 0 saturated carbocycles. The molecule has 0 unspecified atom stereocenters. The predicted molar refractivity (Wildman–Crippen MR) is 117 cm³/mol. The van der Waals surface area contributed by atoms with Gasteiger partial charge >= 0.3 is 17.7 Å². The molecule has 0 radical (unpaired) electrons. The standard InChI is InChI=1S/C22H23N3O9/c1-22(2,3)34-18-15(25(29)30)9-12(10-17(18)31-4)8-14-19(26)24(21(28)23-14)11-13-6-7-16(33-13)20(27)32-5/h6-10H,11H2,1-5H3,(H,23,28). The second-order valence-electron chi connectivity index (χ2n) is 8.18. The van der Waals surface area contributed by atoms with Gasteiger partial charge in [-0.05, 0) is 50.6 Å². The number of hydrogen-bond acceptors (Lipinski definition) is 9. The fourth-order valence-electron chi connectivity index (χ4n) is 3.10. The van der Waals surface area contributed by atoms with Crippen LogP contribution in [-0.4, -0.2) is 47.6 Å². The van der Waals surface area contributed by atoms with Gasteiger partial charge in [0.25, 0.3) is 5.91 Å². The van der Waals surface area contributed by atoms with Gasteiger partial charge in [-0.25, -0.2) is 9.59 Å². The predicted octanol–water partition coefficient (Wildman–Crippen LogP) is 3.25. The number of nitrogens with one attached hydrogen (secondary N) is 1. The van der Waals surface area contributed by atoms with Crippen LogP contribution in [0.15, 0.2) is 34.4 Å². The Labute approximate surface area is 194 Å². The third-order valence-electron chi connectivity index (χ3n) is 4.52. The summed E-state index contributed by atoms with van der Waals surface area (Å²) in [4.78, 5) is 48.6. The number of nitrogens with zero attached hydrogens (tertiary/aromatic N) is 2. The highest BCUT2D eigenvalue weighted by molar-refractivity contribution is 6.13. The minimum Gasteiger partial charge on any atom is -0.493 e. The van der Waals surface area contributed by atoms with Crippen LogP contribution in [0.2, 0.25) is 0 Å². The van der Waals surface area contributed by atoms with Crippen LogP contribution in [0.4, 0.5) is 10.5 Å². The quantitative estimate of drug-likeness (QED) is 0.210. The molecule has 1 aromatic carbocycles. The Morgan fingerprint density at radius 1 is 1.24 bits per heavy atom. The average molecular weight is 473 g/mol. The second-order valence-corrected chi connectivity index (χ2v) is 8.18. The molecule has 0 spiro atoms. The first-order valence-electron chi connectivity index (χ1n) is 10.0. The number of imide groups is 1. The van der Waals surface area contributed by atoms with Crippen molar-refractivity contribution in [2.45, 2.75) is 32.9 Å². The molecule has 180 valence electrons. The summed E-state index contributed by atoms with van der Waals surface area (Å²) in [6.07, 6.45) is 1.29. The fourth-order valence-corrected chi connectivity index (χ4v) is 3.10. The van der Waals surface area contributed by atoms with Crippen LogP contribution in [-0.2, 0) is 16.1 Å². The number of esters is 1. The Hall–Kier alpha value is -4.35. The lowest BCUT2D eigenvalue weighted by atomic mass is 10.1. The van der Waals surface area contributed by atoms with E-state index < -0.39 is 28.4 Å². The van der Waals surface area contributed by atoms with E-state index in [1.54, 1.807) is 20.8 Å². The van der Waals surface area contributed by atoms with Crippen molar-refractivity contribution in [2.24, 2.45) is 0 Å². The molecule has 1 aliphatic heterocycles. The Bertz CT molecular complexity index is 1190. The lowest BCUT2D eigenvalue weighted by Gasteiger charge is -2.22. The molecule has 1 aliphatic rings. The molecule has 0 atom stereocenters. The highest BCUT2D eigenvalue weighted by Crippen LogP contribution is 2.41. The van der Waals surface area contributed by atoms with E-state index in [1.165, 1.54) is 44.6 Å². The summed E-state index contributed by atoms with van der Waals surface area (Å²) in [5.41, 5.74) is -0.958. The van der Waals surface area contributed by atoms with Crippen LogP contribution in [0.25, 0.3) is 6.08 Å². The first-order chi connectivity index (χ1) is 15.9. The number of benzene rings is 1. The van der Waals surface area contributed by atoms with E-state index in [0.29, 0.717) is 0 Å². The Kier molecular flexibility index (Phi) is 6.61. The van der Waals surface area contributed by atoms with Crippen LogP contribution >= 0.6 is 0 Å². The van der Waals surface area contributed by atoms with Crippen molar-refractivity contribution in [3.8, 4) is 11.5 Å². The van der Waals surface area contributed by atoms with E-state index in [-0.39, 0.29) is 46.5 Å². The van der Waals surface area contributed by atoms with E-state index in [2.05, 4.69) is 10.1 Å².